The van der Waals surface area contributed by atoms with Gasteiger partial charge in [-0.3, -0.25) is 33.6 Å². The summed E-state index contributed by atoms with van der Waals surface area (Å²) < 4.78 is 21.2. The van der Waals surface area contributed by atoms with Crippen LogP contribution in [0.15, 0.2) is 0 Å². The van der Waals surface area contributed by atoms with Crippen LogP contribution in [-0.4, -0.2) is 135 Å². The lowest BCUT2D eigenvalue weighted by atomic mass is 9.95. The monoisotopic (exact) mass is 733 g/mol. The predicted octanol–water partition coefficient (Wildman–Crippen LogP) is 0.479. The van der Waals surface area contributed by atoms with E-state index in [0.717, 1.165) is 0 Å². The molecule has 0 radical (unpaired) electrons. The van der Waals surface area contributed by atoms with E-state index < -0.39 is 41.7 Å². The zero-order chi connectivity index (χ0) is 38.3. The fraction of sp³-hybridized carbons (Fsp3) is 0.758. The Balaban J connectivity index is 3.77. The zero-order valence-corrected chi connectivity index (χ0v) is 29.5. The molecule has 3 amide bonds. The van der Waals surface area contributed by atoms with Crippen molar-refractivity contribution in [2.75, 3.05) is 65.9 Å². The van der Waals surface area contributed by atoms with Crippen molar-refractivity contribution in [1.82, 2.24) is 16.0 Å². The van der Waals surface area contributed by atoms with Gasteiger partial charge in [-0.15, -0.1) is 0 Å². The molecule has 0 bridgehead atoms. The number of carbonyl (C=O) groups excluding carboxylic acids is 5. The van der Waals surface area contributed by atoms with E-state index in [-0.39, 0.29) is 122 Å². The fourth-order valence-corrected chi connectivity index (χ4v) is 4.34. The summed E-state index contributed by atoms with van der Waals surface area (Å²) >= 11 is 0. The Hall–Kier alpha value is -4.00. The van der Waals surface area contributed by atoms with Crippen molar-refractivity contribution < 1.29 is 72.6 Å². The topological polar surface area (TPSA) is 270 Å². The largest absolute Gasteiger partial charge is 0.481 e. The minimum Gasteiger partial charge on any atom is -0.481 e. The number of Topliss-reactive ketones (excluding diaryl/α,β-unsaturated/α-hetero) is 2. The van der Waals surface area contributed by atoms with Gasteiger partial charge in [0.15, 0.2) is 5.78 Å². The third kappa shape index (κ3) is 29.4. The summed E-state index contributed by atoms with van der Waals surface area (Å²) in [6.07, 6.45) is 1.96. The summed E-state index contributed by atoms with van der Waals surface area (Å²) in [5.74, 6) is -5.92. The summed E-state index contributed by atoms with van der Waals surface area (Å²) in [5.41, 5.74) is 0. The molecule has 6 N–H and O–H groups in total. The summed E-state index contributed by atoms with van der Waals surface area (Å²) in [6, 6.07) is -1.05. The van der Waals surface area contributed by atoms with Gasteiger partial charge in [-0.05, 0) is 38.5 Å². The maximum Gasteiger partial charge on any atom is 0.326 e. The van der Waals surface area contributed by atoms with E-state index in [1.807, 2.05) is 0 Å². The number of carbonyl (C=O) groups is 8. The van der Waals surface area contributed by atoms with Crippen LogP contribution in [-0.2, 0) is 57.3 Å². The Morgan fingerprint density at radius 2 is 1.18 bits per heavy atom. The molecule has 2 unspecified atom stereocenters. The van der Waals surface area contributed by atoms with Crippen LogP contribution in [0, 0.1) is 5.92 Å². The van der Waals surface area contributed by atoms with Gasteiger partial charge in [0.2, 0.25) is 17.7 Å². The lowest BCUT2D eigenvalue weighted by molar-refractivity contribution is -0.144. The smallest absolute Gasteiger partial charge is 0.326 e. The molecular weight excluding hydrogens is 678 g/mol. The highest BCUT2D eigenvalue weighted by Gasteiger charge is 2.22. The number of carboxylic acid groups (broad SMARTS) is 3. The number of hydrogen-bond donors (Lipinski definition) is 6. The van der Waals surface area contributed by atoms with Crippen LogP contribution in [0.5, 0.6) is 0 Å². The van der Waals surface area contributed by atoms with Crippen molar-refractivity contribution >= 4 is 47.2 Å². The highest BCUT2D eigenvalue weighted by atomic mass is 16.5. The van der Waals surface area contributed by atoms with Crippen LogP contribution in [0.3, 0.4) is 0 Å². The molecule has 292 valence electrons. The van der Waals surface area contributed by atoms with Gasteiger partial charge in [0, 0.05) is 58.2 Å². The minimum atomic E-state index is -1.19. The van der Waals surface area contributed by atoms with Crippen LogP contribution in [0.25, 0.3) is 0 Å². The fourth-order valence-electron chi connectivity index (χ4n) is 4.34. The Labute approximate surface area is 297 Å². The second kappa shape index (κ2) is 30.8. The number of amides is 3. The average Bonchev–Trinajstić information content (AvgIpc) is 3.07. The number of nitrogens with one attached hydrogen (secondary N) is 3. The number of ketones is 2. The molecule has 18 heteroatoms. The van der Waals surface area contributed by atoms with Gasteiger partial charge in [0.1, 0.15) is 25.0 Å². The quantitative estimate of drug-likeness (QED) is 0.0484. The predicted molar refractivity (Wildman–Crippen MR) is 179 cm³/mol. The highest BCUT2D eigenvalue weighted by Crippen LogP contribution is 2.15. The molecule has 0 aliphatic carbocycles. The van der Waals surface area contributed by atoms with Gasteiger partial charge in [-0.2, -0.15) is 0 Å². The minimum absolute atomic E-state index is 0.0254. The third-order valence-corrected chi connectivity index (χ3v) is 7.14. The molecule has 51 heavy (non-hydrogen) atoms. The van der Waals surface area contributed by atoms with Crippen molar-refractivity contribution in [2.45, 2.75) is 90.0 Å². The van der Waals surface area contributed by atoms with E-state index in [1.165, 1.54) is 0 Å². The molecule has 0 fully saturated rings. The van der Waals surface area contributed by atoms with Crippen LogP contribution in [0.4, 0.5) is 0 Å². The number of carboxylic acids is 3. The van der Waals surface area contributed by atoms with Crippen molar-refractivity contribution in [3.05, 3.63) is 0 Å². The molecule has 0 aromatic carbocycles. The molecule has 0 saturated heterocycles. The summed E-state index contributed by atoms with van der Waals surface area (Å²) in [7, 11) is 0. The Kier molecular flexibility index (Phi) is 28.4. The Morgan fingerprint density at radius 3 is 1.82 bits per heavy atom. The van der Waals surface area contributed by atoms with Crippen LogP contribution >= 0.6 is 0 Å². The van der Waals surface area contributed by atoms with Crippen molar-refractivity contribution in [3.8, 4) is 0 Å². The van der Waals surface area contributed by atoms with Gasteiger partial charge in [0.05, 0.1) is 39.0 Å². The second-order valence-electron chi connectivity index (χ2n) is 11.5. The Morgan fingerprint density at radius 1 is 0.549 bits per heavy atom. The van der Waals surface area contributed by atoms with E-state index in [9.17, 15) is 48.6 Å². The SMILES string of the molecule is CCC(=O)NCCCCC(NC(=O)COCCOCCCC(=O)COCCOCCNC(=O)CCC(CC(=O)CCCC(=O)O)C(=O)O)C(=O)O. The van der Waals surface area contributed by atoms with Gasteiger partial charge < -0.3 is 50.2 Å². The third-order valence-electron chi connectivity index (χ3n) is 7.14. The first kappa shape index (κ1) is 47.0. The molecule has 18 nitrogen and oxygen atoms in total. The zero-order valence-electron chi connectivity index (χ0n) is 29.5. The van der Waals surface area contributed by atoms with Crippen LogP contribution in [0.2, 0.25) is 0 Å². The molecule has 0 spiro atoms. The molecule has 0 aliphatic rings. The Bertz CT molecular complexity index is 1090. The van der Waals surface area contributed by atoms with E-state index in [4.69, 9.17) is 24.1 Å². The lowest BCUT2D eigenvalue weighted by Crippen LogP contribution is -2.42. The highest BCUT2D eigenvalue weighted by molar-refractivity contribution is 5.85. The number of unbranched alkanes of at least 4 members (excludes halogenated alkanes) is 1. The van der Waals surface area contributed by atoms with Crippen LogP contribution in [0.1, 0.15) is 84.0 Å². The lowest BCUT2D eigenvalue weighted by Gasteiger charge is -2.14. The summed E-state index contributed by atoms with van der Waals surface area (Å²) in [5, 5.41) is 34.9. The first-order valence-corrected chi connectivity index (χ1v) is 17.2. The molecular formula is C33H55N3O15. The van der Waals surface area contributed by atoms with Gasteiger partial charge in [-0.1, -0.05) is 6.92 Å². The second-order valence-corrected chi connectivity index (χ2v) is 11.5. The molecule has 0 rings (SSSR count). The van der Waals surface area contributed by atoms with Crippen molar-refractivity contribution in [1.29, 1.82) is 0 Å². The van der Waals surface area contributed by atoms with Gasteiger partial charge in [-0.25, -0.2) is 4.79 Å². The van der Waals surface area contributed by atoms with Gasteiger partial charge in [0.25, 0.3) is 0 Å². The standard InChI is InChI=1S/C33H55N3O15/c1-2-28(39)34-13-4-3-9-27(33(46)47)36-30(41)23-51-20-17-48-15-6-8-26(38)22-50-19-18-49-16-14-35-29(40)12-11-24(32(44)45)21-25(37)7-5-10-31(42)43/h24,27H,2-23H2,1H3,(H,34,39)(H,35,40)(H,36,41)(H,42,43)(H,44,45)(H,46,47). The van der Waals surface area contributed by atoms with E-state index in [2.05, 4.69) is 16.0 Å². The maximum absolute atomic E-state index is 12.0. The molecule has 2 atom stereocenters. The molecule has 0 aliphatic heterocycles. The van der Waals surface area contributed by atoms with E-state index >= 15 is 0 Å². The average molecular weight is 734 g/mol. The summed E-state index contributed by atoms with van der Waals surface area (Å²) in [4.78, 5) is 92.4. The number of rotatable bonds is 35. The van der Waals surface area contributed by atoms with Crippen molar-refractivity contribution in [3.63, 3.8) is 0 Å². The molecule has 0 aromatic heterocycles. The van der Waals surface area contributed by atoms with E-state index in [0.29, 0.717) is 38.8 Å². The molecule has 0 heterocycles. The number of aliphatic carboxylic acids is 3. The number of hydrogen-bond acceptors (Lipinski definition) is 12. The van der Waals surface area contributed by atoms with Gasteiger partial charge >= 0.3 is 17.9 Å². The molecule has 0 saturated carbocycles. The normalized spacial score (nSPS) is 12.0. The number of ether oxygens (including phenoxy) is 4. The van der Waals surface area contributed by atoms with Crippen molar-refractivity contribution in [2.24, 2.45) is 5.92 Å². The van der Waals surface area contributed by atoms with Crippen LogP contribution < -0.4 is 16.0 Å². The first-order chi connectivity index (χ1) is 24.3. The first-order valence-electron chi connectivity index (χ1n) is 17.2. The molecule has 0 aromatic rings. The summed E-state index contributed by atoms with van der Waals surface area (Å²) in [6.45, 7) is 3.03. The van der Waals surface area contributed by atoms with E-state index in [1.54, 1.807) is 6.92 Å². The maximum atomic E-state index is 12.0.